The predicted molar refractivity (Wildman–Crippen MR) is 112 cm³/mol. The maximum Gasteiger partial charge on any atom is 0.250 e. The van der Waals surface area contributed by atoms with Crippen molar-refractivity contribution in [2.24, 2.45) is 11.5 Å². The van der Waals surface area contributed by atoms with Crippen LogP contribution in [0, 0.1) is 18.6 Å². The molecule has 0 bridgehead atoms. The molecule has 0 unspecified atom stereocenters. The van der Waals surface area contributed by atoms with Crippen LogP contribution in [0.2, 0.25) is 0 Å². The molecule has 0 radical (unpaired) electrons. The number of primary amides is 2. The molecule has 2 aromatic carbocycles. The van der Waals surface area contributed by atoms with Crippen molar-refractivity contribution >= 4 is 39.7 Å². The molecule has 1 aromatic heterocycles. The molecule has 0 saturated heterocycles. The summed E-state index contributed by atoms with van der Waals surface area (Å²) >= 11 is 1.15. The molecule has 6 N–H and O–H groups in total. The lowest BCUT2D eigenvalue weighted by molar-refractivity contribution is -0.118. The number of aromatic nitrogens is 1. The van der Waals surface area contributed by atoms with Gasteiger partial charge in [0, 0.05) is 6.42 Å². The Morgan fingerprint density at radius 3 is 2.43 bits per heavy atom. The van der Waals surface area contributed by atoms with Crippen LogP contribution in [0.4, 0.5) is 25.2 Å². The first kappa shape index (κ1) is 21.2. The van der Waals surface area contributed by atoms with Crippen molar-refractivity contribution in [2.45, 2.75) is 19.4 Å². The number of hydrogen-bond donors (Lipinski definition) is 4. The lowest BCUT2D eigenvalue weighted by Gasteiger charge is -2.19. The Labute approximate surface area is 175 Å². The maximum atomic E-state index is 14.6. The molecule has 1 atom stereocenters. The molecular weight excluding hydrogens is 412 g/mol. The fraction of sp³-hybridized carbons (Fsp3) is 0.150. The summed E-state index contributed by atoms with van der Waals surface area (Å²) < 4.78 is 32.7. The van der Waals surface area contributed by atoms with Crippen LogP contribution in [0.5, 0.6) is 0 Å². The van der Waals surface area contributed by atoms with E-state index in [9.17, 15) is 18.4 Å². The highest BCUT2D eigenvalue weighted by Gasteiger charge is 2.21. The molecular formula is C20H19F2N5O2S. The number of benzene rings is 2. The molecule has 3 aromatic rings. The van der Waals surface area contributed by atoms with Gasteiger partial charge in [0.15, 0.2) is 0 Å². The predicted octanol–water partition coefficient (Wildman–Crippen LogP) is 3.08. The first-order valence-corrected chi connectivity index (χ1v) is 9.65. The lowest BCUT2D eigenvalue weighted by atomic mass is 10.0. The Hall–Kier alpha value is -3.53. The second-order valence-corrected chi connectivity index (χ2v) is 7.40. The second-order valence-electron chi connectivity index (χ2n) is 6.59. The highest BCUT2D eigenvalue weighted by Crippen LogP contribution is 2.30. The van der Waals surface area contributed by atoms with Gasteiger partial charge in [-0.05, 0) is 48.3 Å². The molecule has 0 aliphatic carbocycles. The molecule has 10 heteroatoms. The number of halogens is 2. The molecule has 3 rings (SSSR count). The molecule has 1 heterocycles. The highest BCUT2D eigenvalue weighted by molar-refractivity contribution is 7.10. The van der Waals surface area contributed by atoms with Crippen molar-refractivity contribution in [3.05, 3.63) is 70.9 Å². The number of nitrogens with two attached hydrogens (primary N) is 2. The lowest BCUT2D eigenvalue weighted by Crippen LogP contribution is -2.37. The quantitative estimate of drug-likeness (QED) is 0.436. The van der Waals surface area contributed by atoms with Crippen LogP contribution >= 0.6 is 11.5 Å². The number of nitrogens with one attached hydrogen (secondary N) is 2. The molecule has 30 heavy (non-hydrogen) atoms. The van der Waals surface area contributed by atoms with Gasteiger partial charge in [-0.1, -0.05) is 18.2 Å². The Morgan fingerprint density at radius 2 is 1.83 bits per heavy atom. The van der Waals surface area contributed by atoms with Crippen molar-refractivity contribution in [3.63, 3.8) is 0 Å². The summed E-state index contributed by atoms with van der Waals surface area (Å²) in [5.41, 5.74) is 11.9. The number of carbonyl (C=O) groups excluding carboxylic acids is 2. The summed E-state index contributed by atoms with van der Waals surface area (Å²) in [5, 5.41) is 6.29. The van der Waals surface area contributed by atoms with Gasteiger partial charge in [0.2, 0.25) is 5.91 Å². The van der Waals surface area contributed by atoms with E-state index in [-0.39, 0.29) is 28.9 Å². The Bertz CT molecular complexity index is 1100. The molecule has 7 nitrogen and oxygen atoms in total. The average molecular weight is 431 g/mol. The smallest absolute Gasteiger partial charge is 0.250 e. The Morgan fingerprint density at radius 1 is 1.10 bits per heavy atom. The Kier molecular flexibility index (Phi) is 6.26. The van der Waals surface area contributed by atoms with Crippen molar-refractivity contribution in [1.82, 2.24) is 4.37 Å². The minimum absolute atomic E-state index is 0.0752. The minimum Gasteiger partial charge on any atom is -0.371 e. The van der Waals surface area contributed by atoms with Crippen LogP contribution in [0.1, 0.15) is 21.6 Å². The van der Waals surface area contributed by atoms with Crippen LogP contribution in [-0.4, -0.2) is 22.2 Å². The van der Waals surface area contributed by atoms with Crippen molar-refractivity contribution in [2.75, 3.05) is 10.6 Å². The monoisotopic (exact) mass is 431 g/mol. The number of rotatable bonds is 8. The average Bonchev–Trinajstić information content (AvgIpc) is 3.09. The van der Waals surface area contributed by atoms with Crippen molar-refractivity contribution in [1.29, 1.82) is 0 Å². The minimum atomic E-state index is -1.09. The number of amides is 2. The number of carbonyl (C=O) groups is 2. The number of aryl methyl sites for hydroxylation is 1. The number of hydrogen-bond acceptors (Lipinski definition) is 6. The molecule has 0 saturated carbocycles. The molecule has 156 valence electrons. The first-order chi connectivity index (χ1) is 14.2. The van der Waals surface area contributed by atoms with Gasteiger partial charge < -0.3 is 22.1 Å². The molecule has 0 spiro atoms. The normalized spacial score (nSPS) is 11.7. The van der Waals surface area contributed by atoms with E-state index in [4.69, 9.17) is 11.5 Å². The summed E-state index contributed by atoms with van der Waals surface area (Å²) in [6, 6.07) is 8.84. The molecule has 0 fully saturated rings. The highest BCUT2D eigenvalue weighted by atomic mass is 32.1. The second kappa shape index (κ2) is 8.87. The Balaban J connectivity index is 1.93. The van der Waals surface area contributed by atoms with Gasteiger partial charge in [0.05, 0.1) is 22.6 Å². The van der Waals surface area contributed by atoms with E-state index < -0.39 is 29.5 Å². The largest absolute Gasteiger partial charge is 0.371 e. The standard InChI is InChI=1S/C20H19F2N5O2S/c1-10-6-18(30-27-10)26-15-9-16(14(22)8-12(15)19(23)28)25-17(20(24)29)7-11-4-2-3-5-13(11)21/h2-6,8-9,17,25-26H,7H2,1H3,(H2,23,28)(H2,24,29)/t17-/m1/s1. The molecule has 2 amide bonds. The zero-order valence-corrected chi connectivity index (χ0v) is 16.7. The van der Waals surface area contributed by atoms with Crippen molar-refractivity contribution in [3.8, 4) is 0 Å². The summed E-state index contributed by atoms with van der Waals surface area (Å²) in [6.45, 7) is 1.80. The summed E-state index contributed by atoms with van der Waals surface area (Å²) in [5.74, 6) is -2.93. The zero-order valence-electron chi connectivity index (χ0n) is 15.9. The van der Waals surface area contributed by atoms with Gasteiger partial charge in [-0.15, -0.1) is 0 Å². The van der Waals surface area contributed by atoms with Crippen LogP contribution in [0.25, 0.3) is 0 Å². The fourth-order valence-electron chi connectivity index (χ4n) is 2.84. The van der Waals surface area contributed by atoms with Crippen LogP contribution in [0.3, 0.4) is 0 Å². The van der Waals surface area contributed by atoms with Gasteiger partial charge in [-0.25, -0.2) is 8.78 Å². The van der Waals surface area contributed by atoms with Crippen LogP contribution in [-0.2, 0) is 11.2 Å². The van der Waals surface area contributed by atoms with Crippen LogP contribution < -0.4 is 22.1 Å². The van der Waals surface area contributed by atoms with Gasteiger partial charge >= 0.3 is 0 Å². The third-order valence-corrected chi connectivity index (χ3v) is 5.11. The zero-order chi connectivity index (χ0) is 21.8. The number of anilines is 3. The van der Waals surface area contributed by atoms with E-state index >= 15 is 0 Å². The summed E-state index contributed by atoms with van der Waals surface area (Å²) in [6.07, 6.45) is -0.0875. The first-order valence-electron chi connectivity index (χ1n) is 8.87. The third kappa shape index (κ3) is 4.90. The SMILES string of the molecule is Cc1cc(Nc2cc(N[C@H](Cc3ccccc3F)C(N)=O)c(F)cc2C(N)=O)sn1. The van der Waals surface area contributed by atoms with Crippen molar-refractivity contribution < 1.29 is 18.4 Å². The maximum absolute atomic E-state index is 14.6. The molecule has 0 aliphatic rings. The number of nitrogens with zero attached hydrogens (tertiary/aromatic N) is 1. The van der Waals surface area contributed by atoms with Gasteiger partial charge in [0.25, 0.3) is 5.91 Å². The summed E-state index contributed by atoms with van der Waals surface area (Å²) in [4.78, 5) is 23.7. The third-order valence-electron chi connectivity index (χ3n) is 4.31. The summed E-state index contributed by atoms with van der Waals surface area (Å²) in [7, 11) is 0. The van der Waals surface area contributed by atoms with E-state index in [0.29, 0.717) is 5.00 Å². The topological polar surface area (TPSA) is 123 Å². The molecule has 0 aliphatic heterocycles. The van der Waals surface area contributed by atoms with Crippen LogP contribution in [0.15, 0.2) is 42.5 Å². The van der Waals surface area contributed by atoms with E-state index in [1.165, 1.54) is 24.3 Å². The van der Waals surface area contributed by atoms with E-state index in [1.807, 2.05) is 0 Å². The van der Waals surface area contributed by atoms with E-state index in [2.05, 4.69) is 15.0 Å². The fourth-order valence-corrected chi connectivity index (χ4v) is 3.51. The van der Waals surface area contributed by atoms with Gasteiger partial charge in [0.1, 0.15) is 22.7 Å². The van der Waals surface area contributed by atoms with E-state index in [0.717, 1.165) is 23.3 Å². The van der Waals surface area contributed by atoms with Gasteiger partial charge in [-0.2, -0.15) is 4.37 Å². The van der Waals surface area contributed by atoms with E-state index in [1.54, 1.807) is 19.1 Å². The van der Waals surface area contributed by atoms with Gasteiger partial charge in [-0.3, -0.25) is 9.59 Å².